The molecule has 21 heavy (non-hydrogen) atoms. The van der Waals surface area contributed by atoms with Crippen LogP contribution in [-0.4, -0.2) is 36.3 Å². The SMILES string of the molecule is COc1ccc(NC(=O)[C@@H]2[C@H](C(=O)O)[C@H]3C=C[C@H]2O3)cc1. The second-order valence-corrected chi connectivity index (χ2v) is 5.06. The molecule has 2 N–H and O–H groups in total. The van der Waals surface area contributed by atoms with Crippen LogP contribution < -0.4 is 10.1 Å². The molecular weight excluding hydrogens is 274 g/mol. The standard InChI is InChI=1S/C15H15NO5/c1-20-9-4-2-8(3-5-9)16-14(17)12-10-6-7-11(21-10)13(12)15(18)19/h2-7,10-13H,1H3,(H,16,17)(H,18,19)/t10-,11-,12+,13-/m1/s1. The van der Waals surface area contributed by atoms with Gasteiger partial charge in [-0.3, -0.25) is 9.59 Å². The Morgan fingerprint density at radius 3 is 2.33 bits per heavy atom. The lowest BCUT2D eigenvalue weighted by Gasteiger charge is -2.21. The molecule has 0 saturated carbocycles. The van der Waals surface area contributed by atoms with Crippen molar-refractivity contribution in [3.8, 4) is 5.75 Å². The Bertz CT molecular complexity index is 595. The third-order valence-electron chi connectivity index (χ3n) is 3.84. The summed E-state index contributed by atoms with van der Waals surface area (Å²) in [5.74, 6) is -2.22. The lowest BCUT2D eigenvalue weighted by atomic mass is 9.82. The van der Waals surface area contributed by atoms with Gasteiger partial charge in [-0.1, -0.05) is 12.2 Å². The molecular formula is C15H15NO5. The summed E-state index contributed by atoms with van der Waals surface area (Å²) in [6, 6.07) is 6.86. The van der Waals surface area contributed by atoms with Gasteiger partial charge in [-0.15, -0.1) is 0 Å². The number of methoxy groups -OCH3 is 1. The fourth-order valence-electron chi connectivity index (χ4n) is 2.81. The topological polar surface area (TPSA) is 84.9 Å². The molecule has 6 nitrogen and oxygen atoms in total. The van der Waals surface area contributed by atoms with Gasteiger partial charge in [0.1, 0.15) is 11.7 Å². The highest BCUT2D eigenvalue weighted by atomic mass is 16.5. The fraction of sp³-hybridized carbons (Fsp3) is 0.333. The molecule has 2 bridgehead atoms. The Labute approximate surface area is 121 Å². The summed E-state index contributed by atoms with van der Waals surface area (Å²) in [5.41, 5.74) is 0.594. The molecule has 6 heteroatoms. The maximum atomic E-state index is 12.4. The van der Waals surface area contributed by atoms with Crippen molar-refractivity contribution in [2.75, 3.05) is 12.4 Å². The number of carbonyl (C=O) groups is 2. The molecule has 110 valence electrons. The first-order valence-corrected chi connectivity index (χ1v) is 6.61. The number of hydrogen-bond acceptors (Lipinski definition) is 4. The minimum Gasteiger partial charge on any atom is -0.497 e. The van der Waals surface area contributed by atoms with Gasteiger partial charge in [-0.2, -0.15) is 0 Å². The van der Waals surface area contributed by atoms with Crippen LogP contribution in [0.15, 0.2) is 36.4 Å². The summed E-state index contributed by atoms with van der Waals surface area (Å²) < 4.78 is 10.5. The van der Waals surface area contributed by atoms with Crippen LogP contribution in [0.5, 0.6) is 5.75 Å². The van der Waals surface area contributed by atoms with E-state index in [-0.39, 0.29) is 5.91 Å². The zero-order chi connectivity index (χ0) is 15.0. The predicted octanol–water partition coefficient (Wildman–Crippen LogP) is 1.29. The van der Waals surface area contributed by atoms with E-state index in [4.69, 9.17) is 9.47 Å². The average molecular weight is 289 g/mol. The van der Waals surface area contributed by atoms with E-state index in [2.05, 4.69) is 5.32 Å². The maximum Gasteiger partial charge on any atom is 0.310 e. The van der Waals surface area contributed by atoms with Crippen molar-refractivity contribution in [1.29, 1.82) is 0 Å². The Morgan fingerprint density at radius 2 is 1.76 bits per heavy atom. The number of benzene rings is 1. The van der Waals surface area contributed by atoms with Gasteiger partial charge in [0.05, 0.1) is 25.2 Å². The lowest BCUT2D eigenvalue weighted by molar-refractivity contribution is -0.145. The van der Waals surface area contributed by atoms with Gasteiger partial charge >= 0.3 is 5.97 Å². The summed E-state index contributed by atoms with van der Waals surface area (Å²) in [4.78, 5) is 23.7. The molecule has 0 aliphatic carbocycles. The number of rotatable bonds is 4. The van der Waals surface area contributed by atoms with Crippen LogP contribution in [0.1, 0.15) is 0 Å². The van der Waals surface area contributed by atoms with Crippen LogP contribution in [0.2, 0.25) is 0 Å². The second kappa shape index (κ2) is 5.21. The number of hydrogen-bond donors (Lipinski definition) is 2. The summed E-state index contributed by atoms with van der Waals surface area (Å²) in [7, 11) is 1.56. The van der Waals surface area contributed by atoms with E-state index < -0.39 is 30.0 Å². The van der Waals surface area contributed by atoms with Gasteiger partial charge < -0.3 is 19.9 Å². The number of anilines is 1. The van der Waals surface area contributed by atoms with Crippen molar-refractivity contribution < 1.29 is 24.2 Å². The zero-order valence-electron chi connectivity index (χ0n) is 11.4. The van der Waals surface area contributed by atoms with Gasteiger partial charge in [-0.05, 0) is 24.3 Å². The zero-order valence-corrected chi connectivity index (χ0v) is 11.4. The number of fused-ring (bicyclic) bond motifs is 2. The van der Waals surface area contributed by atoms with Crippen LogP contribution in [0, 0.1) is 11.8 Å². The van der Waals surface area contributed by atoms with Crippen LogP contribution in [0.3, 0.4) is 0 Å². The molecule has 1 aromatic carbocycles. The quantitative estimate of drug-likeness (QED) is 0.816. The molecule has 3 rings (SSSR count). The highest BCUT2D eigenvalue weighted by molar-refractivity contribution is 5.96. The Hall–Kier alpha value is -2.34. The van der Waals surface area contributed by atoms with Gasteiger partial charge in [0.15, 0.2) is 0 Å². The normalized spacial score (nSPS) is 29.4. The first kappa shape index (κ1) is 13.6. The molecule has 2 aliphatic heterocycles. The van der Waals surface area contributed by atoms with E-state index >= 15 is 0 Å². The highest BCUT2D eigenvalue weighted by Crippen LogP contribution is 2.39. The number of nitrogens with one attached hydrogen (secondary N) is 1. The molecule has 2 aliphatic rings. The van der Waals surface area contributed by atoms with Crippen molar-refractivity contribution in [3.63, 3.8) is 0 Å². The van der Waals surface area contributed by atoms with E-state index in [1.165, 1.54) is 0 Å². The largest absolute Gasteiger partial charge is 0.497 e. The van der Waals surface area contributed by atoms with Crippen LogP contribution in [-0.2, 0) is 14.3 Å². The minimum atomic E-state index is -1.01. The van der Waals surface area contributed by atoms with Gasteiger partial charge in [0.25, 0.3) is 0 Å². The second-order valence-electron chi connectivity index (χ2n) is 5.06. The molecule has 1 aromatic rings. The van der Waals surface area contributed by atoms with Crippen molar-refractivity contribution in [1.82, 2.24) is 0 Å². The van der Waals surface area contributed by atoms with Crippen molar-refractivity contribution in [3.05, 3.63) is 36.4 Å². The van der Waals surface area contributed by atoms with E-state index in [0.29, 0.717) is 11.4 Å². The number of carboxylic acid groups (broad SMARTS) is 1. The number of ether oxygens (including phenoxy) is 2. The predicted molar refractivity (Wildman–Crippen MR) is 74.0 cm³/mol. The van der Waals surface area contributed by atoms with Crippen LogP contribution in [0.25, 0.3) is 0 Å². The van der Waals surface area contributed by atoms with Crippen molar-refractivity contribution in [2.24, 2.45) is 11.8 Å². The Morgan fingerprint density at radius 1 is 1.14 bits per heavy atom. The summed E-state index contributed by atoms with van der Waals surface area (Å²) in [6.45, 7) is 0. The monoisotopic (exact) mass is 289 g/mol. The molecule has 0 unspecified atom stereocenters. The summed E-state index contributed by atoms with van der Waals surface area (Å²) in [6.07, 6.45) is 2.48. The first-order valence-electron chi connectivity index (χ1n) is 6.61. The molecule has 0 aromatic heterocycles. The molecule has 4 atom stereocenters. The minimum absolute atomic E-state index is 0.343. The van der Waals surface area contributed by atoms with E-state index in [1.807, 2.05) is 0 Å². The summed E-state index contributed by atoms with van der Waals surface area (Å²) in [5, 5.41) is 12.0. The number of carbonyl (C=O) groups excluding carboxylic acids is 1. The number of aliphatic carboxylic acids is 1. The number of carboxylic acids is 1. The average Bonchev–Trinajstić information content (AvgIpc) is 3.08. The van der Waals surface area contributed by atoms with Gasteiger partial charge in [-0.25, -0.2) is 0 Å². The Balaban J connectivity index is 1.75. The van der Waals surface area contributed by atoms with Crippen LogP contribution >= 0.6 is 0 Å². The third-order valence-corrected chi connectivity index (χ3v) is 3.84. The van der Waals surface area contributed by atoms with E-state index in [9.17, 15) is 14.7 Å². The maximum absolute atomic E-state index is 12.4. The Kier molecular flexibility index (Phi) is 3.39. The molecule has 0 radical (unpaired) electrons. The molecule has 1 amide bonds. The smallest absolute Gasteiger partial charge is 0.310 e. The van der Waals surface area contributed by atoms with Crippen molar-refractivity contribution >= 4 is 17.6 Å². The first-order chi connectivity index (χ1) is 10.1. The molecule has 2 heterocycles. The summed E-state index contributed by atoms with van der Waals surface area (Å²) >= 11 is 0. The molecule has 1 fully saturated rings. The van der Waals surface area contributed by atoms with Gasteiger partial charge in [0.2, 0.25) is 5.91 Å². The fourth-order valence-corrected chi connectivity index (χ4v) is 2.81. The third kappa shape index (κ3) is 2.38. The highest BCUT2D eigenvalue weighted by Gasteiger charge is 2.53. The van der Waals surface area contributed by atoms with Crippen LogP contribution in [0.4, 0.5) is 5.69 Å². The lowest BCUT2D eigenvalue weighted by Crippen LogP contribution is -2.39. The van der Waals surface area contributed by atoms with Crippen molar-refractivity contribution in [2.45, 2.75) is 12.2 Å². The molecule has 0 spiro atoms. The van der Waals surface area contributed by atoms with Gasteiger partial charge in [0, 0.05) is 5.69 Å². The van der Waals surface area contributed by atoms with E-state index in [1.54, 1.807) is 43.5 Å². The van der Waals surface area contributed by atoms with E-state index in [0.717, 1.165) is 0 Å². The molecule has 1 saturated heterocycles. The number of amides is 1.